The maximum atomic E-state index is 12.5. The number of nitrogens with zero attached hydrogens (tertiary/aromatic N) is 2. The SMILES string of the molecule is CC1(C)[C@H]2CC=C(CN3CCC(NC(=O)Nc4cncc(-c5ccsc5)c4)CC3)[C@@H]1C2. The zero-order valence-corrected chi connectivity index (χ0v) is 19.3. The second-order valence-electron chi connectivity index (χ2n) is 9.94. The number of nitrogens with one attached hydrogen (secondary N) is 2. The number of fused-ring (bicyclic) bond motifs is 1. The third-order valence-corrected chi connectivity index (χ3v) is 8.45. The van der Waals surface area contributed by atoms with E-state index in [-0.39, 0.29) is 12.1 Å². The van der Waals surface area contributed by atoms with Gasteiger partial charge >= 0.3 is 6.03 Å². The van der Waals surface area contributed by atoms with Gasteiger partial charge in [-0.1, -0.05) is 25.5 Å². The van der Waals surface area contributed by atoms with Gasteiger partial charge in [0, 0.05) is 37.4 Å². The maximum absolute atomic E-state index is 12.5. The molecule has 0 radical (unpaired) electrons. The summed E-state index contributed by atoms with van der Waals surface area (Å²) in [6.45, 7) is 8.10. The smallest absolute Gasteiger partial charge is 0.319 e. The van der Waals surface area contributed by atoms with E-state index in [0.29, 0.717) is 5.41 Å². The molecule has 6 rings (SSSR count). The summed E-state index contributed by atoms with van der Waals surface area (Å²) in [6.07, 6.45) is 10.7. The molecule has 164 valence electrons. The lowest BCUT2D eigenvalue weighted by molar-refractivity contribution is -0.0113. The topological polar surface area (TPSA) is 57.3 Å². The van der Waals surface area contributed by atoms with Crippen molar-refractivity contribution in [1.29, 1.82) is 0 Å². The first kappa shape index (κ1) is 20.7. The zero-order valence-electron chi connectivity index (χ0n) is 18.4. The fraction of sp³-hybridized carbons (Fsp3) is 0.520. The fourth-order valence-electron chi connectivity index (χ4n) is 5.60. The molecule has 2 fully saturated rings. The Balaban J connectivity index is 1.09. The van der Waals surface area contributed by atoms with Crippen molar-refractivity contribution in [3.05, 3.63) is 46.9 Å². The highest BCUT2D eigenvalue weighted by Crippen LogP contribution is 2.59. The van der Waals surface area contributed by atoms with E-state index in [4.69, 9.17) is 0 Å². The summed E-state index contributed by atoms with van der Waals surface area (Å²) in [5.74, 6) is 1.68. The molecule has 2 bridgehead atoms. The van der Waals surface area contributed by atoms with E-state index < -0.39 is 0 Å². The number of urea groups is 1. The molecule has 3 heterocycles. The molecule has 1 saturated heterocycles. The normalized spacial score (nSPS) is 25.4. The largest absolute Gasteiger partial charge is 0.335 e. The number of aromatic nitrogens is 1. The van der Waals surface area contributed by atoms with Crippen LogP contribution in [0.25, 0.3) is 11.1 Å². The van der Waals surface area contributed by atoms with E-state index >= 15 is 0 Å². The molecule has 5 nitrogen and oxygen atoms in total. The van der Waals surface area contributed by atoms with Crippen molar-refractivity contribution >= 4 is 23.1 Å². The van der Waals surface area contributed by atoms with Crippen molar-refractivity contribution in [2.45, 2.75) is 45.6 Å². The van der Waals surface area contributed by atoms with Gasteiger partial charge in [-0.05, 0) is 71.4 Å². The molecule has 0 spiro atoms. The minimum atomic E-state index is -0.139. The van der Waals surface area contributed by atoms with Gasteiger partial charge in [0.15, 0.2) is 0 Å². The number of carbonyl (C=O) groups excluding carboxylic acids is 1. The van der Waals surface area contributed by atoms with Crippen LogP contribution < -0.4 is 10.6 Å². The Morgan fingerprint density at radius 3 is 2.81 bits per heavy atom. The monoisotopic (exact) mass is 436 g/mol. The lowest BCUT2D eigenvalue weighted by Gasteiger charge is -2.57. The standard InChI is InChI=1S/C25H32N4OS/c1-25(2)20-4-3-17(23(25)12-20)15-29-8-5-21(6-9-29)27-24(30)28-22-11-19(13-26-14-22)18-7-10-31-16-18/h3,7,10-11,13-14,16,20-21,23H,4-6,8-9,12,15H2,1-2H3,(H2,27,28,30)/t20-,23-/m0/s1. The fourth-order valence-corrected chi connectivity index (χ4v) is 6.26. The molecule has 1 saturated carbocycles. The Morgan fingerprint density at radius 1 is 1.26 bits per heavy atom. The lowest BCUT2D eigenvalue weighted by Crippen LogP contribution is -2.51. The van der Waals surface area contributed by atoms with Gasteiger partial charge in [0.05, 0.1) is 11.9 Å². The Bertz CT molecular complexity index is 960. The van der Waals surface area contributed by atoms with E-state index in [1.165, 1.54) is 12.8 Å². The van der Waals surface area contributed by atoms with E-state index in [9.17, 15) is 4.79 Å². The number of thiophene rings is 1. The first-order valence-electron chi connectivity index (χ1n) is 11.5. The van der Waals surface area contributed by atoms with Crippen LogP contribution in [0.2, 0.25) is 0 Å². The first-order valence-corrected chi connectivity index (χ1v) is 12.4. The van der Waals surface area contributed by atoms with E-state index in [1.807, 2.05) is 17.6 Å². The molecule has 6 heteroatoms. The summed E-state index contributed by atoms with van der Waals surface area (Å²) in [6, 6.07) is 4.13. The molecule has 0 unspecified atom stereocenters. The van der Waals surface area contributed by atoms with Gasteiger partial charge in [0.25, 0.3) is 0 Å². The Morgan fingerprint density at radius 2 is 2.10 bits per heavy atom. The van der Waals surface area contributed by atoms with E-state index in [0.717, 1.165) is 61.1 Å². The molecule has 1 aliphatic heterocycles. The number of amides is 2. The molecule has 3 aliphatic carbocycles. The number of carbonyl (C=O) groups is 1. The van der Waals surface area contributed by atoms with Crippen LogP contribution >= 0.6 is 11.3 Å². The number of anilines is 1. The third kappa shape index (κ3) is 4.28. The molecule has 2 aromatic rings. The predicted molar refractivity (Wildman–Crippen MR) is 127 cm³/mol. The number of hydrogen-bond donors (Lipinski definition) is 2. The number of hydrogen-bond acceptors (Lipinski definition) is 4. The van der Waals surface area contributed by atoms with Crippen LogP contribution in [0.15, 0.2) is 46.9 Å². The van der Waals surface area contributed by atoms with Crippen LogP contribution in [-0.4, -0.2) is 41.6 Å². The highest BCUT2D eigenvalue weighted by Gasteiger charge is 2.51. The van der Waals surface area contributed by atoms with Gasteiger partial charge in [-0.2, -0.15) is 11.3 Å². The van der Waals surface area contributed by atoms with Gasteiger partial charge < -0.3 is 10.6 Å². The van der Waals surface area contributed by atoms with Gasteiger partial charge in [0.2, 0.25) is 0 Å². The summed E-state index contributed by atoms with van der Waals surface area (Å²) in [7, 11) is 0. The molecule has 2 atom stereocenters. The summed E-state index contributed by atoms with van der Waals surface area (Å²) in [5, 5.41) is 10.2. The average Bonchev–Trinajstić information content (AvgIpc) is 3.30. The zero-order chi connectivity index (χ0) is 21.4. The average molecular weight is 437 g/mol. The van der Waals surface area contributed by atoms with Crippen LogP contribution in [0.3, 0.4) is 0 Å². The van der Waals surface area contributed by atoms with Crippen LogP contribution in [0.1, 0.15) is 39.5 Å². The minimum absolute atomic E-state index is 0.139. The maximum Gasteiger partial charge on any atom is 0.319 e. The second kappa shape index (κ2) is 8.40. The van der Waals surface area contributed by atoms with E-state index in [2.05, 4.69) is 51.9 Å². The van der Waals surface area contributed by atoms with Crippen molar-refractivity contribution in [2.75, 3.05) is 25.0 Å². The van der Waals surface area contributed by atoms with Crippen molar-refractivity contribution in [3.8, 4) is 11.1 Å². The number of pyridine rings is 1. The molecule has 2 aromatic heterocycles. The van der Waals surface area contributed by atoms with Crippen molar-refractivity contribution in [1.82, 2.24) is 15.2 Å². The molecular formula is C25H32N4OS. The van der Waals surface area contributed by atoms with Gasteiger partial charge in [0.1, 0.15) is 0 Å². The Hall–Kier alpha value is -2.18. The van der Waals surface area contributed by atoms with Crippen LogP contribution in [0.5, 0.6) is 0 Å². The highest BCUT2D eigenvalue weighted by atomic mass is 32.1. The lowest BCUT2D eigenvalue weighted by atomic mass is 9.49. The minimum Gasteiger partial charge on any atom is -0.335 e. The number of piperidine rings is 1. The third-order valence-electron chi connectivity index (χ3n) is 7.76. The van der Waals surface area contributed by atoms with Crippen molar-refractivity contribution in [2.24, 2.45) is 17.3 Å². The molecule has 2 amide bonds. The molecule has 31 heavy (non-hydrogen) atoms. The first-order chi connectivity index (χ1) is 15.0. The Labute approximate surface area is 189 Å². The number of likely N-dealkylation sites (tertiary alicyclic amines) is 1. The molecule has 4 aliphatic rings. The Kier molecular flexibility index (Phi) is 5.61. The van der Waals surface area contributed by atoms with Crippen LogP contribution in [-0.2, 0) is 0 Å². The van der Waals surface area contributed by atoms with Gasteiger partial charge in [-0.3, -0.25) is 9.88 Å². The van der Waals surface area contributed by atoms with Gasteiger partial charge in [-0.15, -0.1) is 0 Å². The second-order valence-corrected chi connectivity index (χ2v) is 10.7. The highest BCUT2D eigenvalue weighted by molar-refractivity contribution is 7.08. The summed E-state index contributed by atoms with van der Waals surface area (Å²) in [5.41, 5.74) is 5.03. The van der Waals surface area contributed by atoms with Crippen LogP contribution in [0.4, 0.5) is 10.5 Å². The van der Waals surface area contributed by atoms with Crippen molar-refractivity contribution < 1.29 is 4.79 Å². The summed E-state index contributed by atoms with van der Waals surface area (Å²) < 4.78 is 0. The summed E-state index contributed by atoms with van der Waals surface area (Å²) >= 11 is 1.66. The summed E-state index contributed by atoms with van der Waals surface area (Å²) in [4.78, 5) is 19.4. The van der Waals surface area contributed by atoms with Crippen LogP contribution in [0, 0.1) is 17.3 Å². The number of rotatable bonds is 5. The van der Waals surface area contributed by atoms with Crippen molar-refractivity contribution in [3.63, 3.8) is 0 Å². The van der Waals surface area contributed by atoms with E-state index in [1.54, 1.807) is 23.1 Å². The molecule has 2 N–H and O–H groups in total. The number of allylic oxidation sites excluding steroid dienone is 1. The predicted octanol–water partition coefficient (Wildman–Crippen LogP) is 5.39. The quantitative estimate of drug-likeness (QED) is 0.618. The van der Waals surface area contributed by atoms with Gasteiger partial charge in [-0.25, -0.2) is 4.79 Å². The molecular weight excluding hydrogens is 404 g/mol. The molecule has 0 aromatic carbocycles.